The monoisotopic (exact) mass is 325 g/mol. The van der Waals surface area contributed by atoms with Crippen molar-refractivity contribution in [3.8, 4) is 0 Å². The Morgan fingerprint density at radius 2 is 2.08 bits per heavy atom. The minimum Gasteiger partial charge on any atom is -0.444 e. The number of rotatable bonds is 5. The summed E-state index contributed by atoms with van der Waals surface area (Å²) in [5.74, 6) is 2.26. The second-order valence-electron chi connectivity index (χ2n) is 5.73. The van der Waals surface area contributed by atoms with Gasteiger partial charge in [0.1, 0.15) is 5.76 Å². The zero-order valence-corrected chi connectivity index (χ0v) is 14.3. The summed E-state index contributed by atoms with van der Waals surface area (Å²) >= 11 is 0. The maximum absolute atomic E-state index is 5.56. The molecule has 0 unspecified atom stereocenters. The molecule has 6 nitrogen and oxygen atoms in total. The zero-order valence-electron chi connectivity index (χ0n) is 14.3. The summed E-state index contributed by atoms with van der Waals surface area (Å²) in [4.78, 5) is 12.0. The number of hydrogen-bond donors (Lipinski definition) is 3. The Labute approximate surface area is 141 Å². The van der Waals surface area contributed by atoms with Crippen LogP contribution in [0.25, 0.3) is 10.9 Å². The Kier molecular flexibility index (Phi) is 4.84. The largest absolute Gasteiger partial charge is 0.444 e. The molecule has 0 aliphatic heterocycles. The molecule has 0 bridgehead atoms. The van der Waals surface area contributed by atoms with E-state index in [4.69, 9.17) is 4.42 Å². The Morgan fingerprint density at radius 1 is 1.25 bits per heavy atom. The van der Waals surface area contributed by atoms with Gasteiger partial charge < -0.3 is 20.0 Å². The van der Waals surface area contributed by atoms with Crippen LogP contribution in [0.4, 0.5) is 0 Å². The molecule has 3 aromatic rings. The van der Waals surface area contributed by atoms with Gasteiger partial charge in [0.15, 0.2) is 5.96 Å². The molecular weight excluding hydrogens is 302 g/mol. The molecule has 0 saturated carbocycles. The van der Waals surface area contributed by atoms with Gasteiger partial charge in [-0.25, -0.2) is 4.98 Å². The van der Waals surface area contributed by atoms with Crippen molar-refractivity contribution >= 4 is 16.9 Å². The lowest BCUT2D eigenvalue weighted by atomic mass is 10.2. The molecule has 0 atom stereocenters. The van der Waals surface area contributed by atoms with E-state index >= 15 is 0 Å². The first-order chi connectivity index (χ1) is 11.7. The maximum atomic E-state index is 5.56. The van der Waals surface area contributed by atoms with Crippen molar-refractivity contribution in [2.24, 2.45) is 4.99 Å². The van der Waals surface area contributed by atoms with Crippen molar-refractivity contribution < 1.29 is 4.42 Å². The van der Waals surface area contributed by atoms with E-state index in [2.05, 4.69) is 49.9 Å². The number of para-hydroxylation sites is 1. The van der Waals surface area contributed by atoms with Crippen LogP contribution in [0.1, 0.15) is 23.0 Å². The molecule has 0 spiro atoms. The van der Waals surface area contributed by atoms with Crippen LogP contribution in [-0.2, 0) is 13.0 Å². The number of aromatic amines is 1. The predicted molar refractivity (Wildman–Crippen MR) is 96.2 cm³/mol. The van der Waals surface area contributed by atoms with Crippen molar-refractivity contribution in [2.75, 3.05) is 13.6 Å². The number of H-pyrrole nitrogens is 1. The van der Waals surface area contributed by atoms with E-state index in [1.54, 1.807) is 7.05 Å². The number of guanidine groups is 1. The van der Waals surface area contributed by atoms with Crippen LogP contribution < -0.4 is 10.6 Å². The second kappa shape index (κ2) is 7.21. The molecule has 6 heteroatoms. The van der Waals surface area contributed by atoms with E-state index in [9.17, 15) is 0 Å². The SMILES string of the molecule is CN=C(NCCc1cc2ccccc2[nH]1)NCc1nc(C)c(C)o1. The number of nitrogens with one attached hydrogen (secondary N) is 3. The average molecular weight is 325 g/mol. The van der Waals surface area contributed by atoms with E-state index in [0.29, 0.717) is 12.4 Å². The molecule has 0 saturated heterocycles. The first kappa shape index (κ1) is 16.1. The molecule has 0 amide bonds. The minimum atomic E-state index is 0.515. The molecule has 0 radical (unpaired) electrons. The predicted octanol–water partition coefficient (Wildman–Crippen LogP) is 2.68. The number of aromatic nitrogens is 2. The first-order valence-corrected chi connectivity index (χ1v) is 8.10. The summed E-state index contributed by atoms with van der Waals surface area (Å²) in [6.07, 6.45) is 0.895. The molecule has 3 rings (SSSR count). The molecular formula is C18H23N5O. The lowest BCUT2D eigenvalue weighted by Gasteiger charge is -2.10. The van der Waals surface area contributed by atoms with E-state index < -0.39 is 0 Å². The lowest BCUT2D eigenvalue weighted by molar-refractivity contribution is 0.463. The average Bonchev–Trinajstić information content (AvgIpc) is 3.13. The summed E-state index contributed by atoms with van der Waals surface area (Å²) in [5.41, 5.74) is 3.30. The highest BCUT2D eigenvalue weighted by atomic mass is 16.4. The summed E-state index contributed by atoms with van der Waals surface area (Å²) in [7, 11) is 1.75. The highest BCUT2D eigenvalue weighted by Crippen LogP contribution is 2.14. The normalized spacial score (nSPS) is 11.9. The van der Waals surface area contributed by atoms with E-state index in [1.807, 2.05) is 19.9 Å². The second-order valence-corrected chi connectivity index (χ2v) is 5.73. The number of fused-ring (bicyclic) bond motifs is 1. The molecule has 1 aromatic carbocycles. The molecule has 2 heterocycles. The summed E-state index contributed by atoms with van der Waals surface area (Å²) < 4.78 is 5.56. The fraction of sp³-hybridized carbons (Fsp3) is 0.333. The molecule has 24 heavy (non-hydrogen) atoms. The Morgan fingerprint density at radius 3 is 2.79 bits per heavy atom. The molecule has 2 aromatic heterocycles. The summed E-state index contributed by atoms with van der Waals surface area (Å²) in [5, 5.41) is 7.76. The third kappa shape index (κ3) is 3.76. The van der Waals surface area contributed by atoms with E-state index in [-0.39, 0.29) is 0 Å². The van der Waals surface area contributed by atoms with Crippen molar-refractivity contribution in [2.45, 2.75) is 26.8 Å². The quantitative estimate of drug-likeness (QED) is 0.498. The maximum Gasteiger partial charge on any atom is 0.214 e. The van der Waals surface area contributed by atoms with Crippen LogP contribution in [0.15, 0.2) is 39.7 Å². The van der Waals surface area contributed by atoms with Crippen LogP contribution >= 0.6 is 0 Å². The minimum absolute atomic E-state index is 0.515. The zero-order chi connectivity index (χ0) is 16.9. The number of nitrogens with zero attached hydrogens (tertiary/aromatic N) is 2. The molecule has 0 fully saturated rings. The summed E-state index contributed by atoms with van der Waals surface area (Å²) in [6, 6.07) is 10.5. The number of aliphatic imine (C=N–C) groups is 1. The fourth-order valence-electron chi connectivity index (χ4n) is 2.58. The van der Waals surface area contributed by atoms with Crippen LogP contribution in [0.3, 0.4) is 0 Å². The first-order valence-electron chi connectivity index (χ1n) is 8.10. The lowest BCUT2D eigenvalue weighted by Crippen LogP contribution is -2.37. The number of benzene rings is 1. The highest BCUT2D eigenvalue weighted by Gasteiger charge is 2.06. The fourth-order valence-corrected chi connectivity index (χ4v) is 2.58. The van der Waals surface area contributed by atoms with Gasteiger partial charge in [-0.05, 0) is 31.4 Å². The third-order valence-corrected chi connectivity index (χ3v) is 3.98. The standard InChI is InChI=1S/C18H23N5O/c1-12-13(2)24-17(22-12)11-21-18(19-3)20-9-8-15-10-14-6-4-5-7-16(14)23-15/h4-7,10,23H,8-9,11H2,1-3H3,(H2,19,20,21). The number of oxazole rings is 1. The van der Waals surface area contributed by atoms with Crippen molar-refractivity contribution in [1.29, 1.82) is 0 Å². The van der Waals surface area contributed by atoms with Crippen LogP contribution in [0.2, 0.25) is 0 Å². The van der Waals surface area contributed by atoms with Gasteiger partial charge in [-0.1, -0.05) is 18.2 Å². The van der Waals surface area contributed by atoms with E-state index in [0.717, 1.165) is 30.4 Å². The van der Waals surface area contributed by atoms with Crippen molar-refractivity contribution in [3.05, 3.63) is 53.4 Å². The van der Waals surface area contributed by atoms with Gasteiger partial charge in [-0.2, -0.15) is 0 Å². The smallest absolute Gasteiger partial charge is 0.214 e. The molecule has 0 aliphatic rings. The number of hydrogen-bond acceptors (Lipinski definition) is 3. The Hall–Kier alpha value is -2.76. The Balaban J connectivity index is 1.49. The van der Waals surface area contributed by atoms with Crippen molar-refractivity contribution in [1.82, 2.24) is 20.6 Å². The van der Waals surface area contributed by atoms with Gasteiger partial charge >= 0.3 is 0 Å². The van der Waals surface area contributed by atoms with Crippen LogP contribution in [-0.4, -0.2) is 29.5 Å². The Bertz CT molecular complexity index is 794. The van der Waals surface area contributed by atoms with Gasteiger partial charge in [-0.3, -0.25) is 4.99 Å². The summed E-state index contributed by atoms with van der Waals surface area (Å²) in [6.45, 7) is 5.16. The van der Waals surface area contributed by atoms with Crippen LogP contribution in [0, 0.1) is 13.8 Å². The third-order valence-electron chi connectivity index (χ3n) is 3.98. The van der Waals surface area contributed by atoms with Gasteiger partial charge in [0, 0.05) is 31.2 Å². The molecule has 126 valence electrons. The van der Waals surface area contributed by atoms with Crippen molar-refractivity contribution in [3.63, 3.8) is 0 Å². The van der Waals surface area contributed by atoms with Gasteiger partial charge in [-0.15, -0.1) is 0 Å². The molecule has 3 N–H and O–H groups in total. The number of aryl methyl sites for hydroxylation is 2. The topological polar surface area (TPSA) is 78.2 Å². The van der Waals surface area contributed by atoms with Crippen LogP contribution in [0.5, 0.6) is 0 Å². The molecule has 0 aliphatic carbocycles. The van der Waals surface area contributed by atoms with Gasteiger partial charge in [0.05, 0.1) is 12.2 Å². The van der Waals surface area contributed by atoms with E-state index in [1.165, 1.54) is 16.6 Å². The highest BCUT2D eigenvalue weighted by molar-refractivity contribution is 5.80. The van der Waals surface area contributed by atoms with Gasteiger partial charge in [0.25, 0.3) is 0 Å². The van der Waals surface area contributed by atoms with Gasteiger partial charge in [0.2, 0.25) is 5.89 Å².